The summed E-state index contributed by atoms with van der Waals surface area (Å²) in [6.07, 6.45) is 0.784. The van der Waals surface area contributed by atoms with Gasteiger partial charge in [0.05, 0.1) is 13.7 Å². The molecule has 0 heterocycles. The van der Waals surface area contributed by atoms with E-state index in [9.17, 15) is 4.79 Å². The molecule has 0 saturated carbocycles. The van der Waals surface area contributed by atoms with Gasteiger partial charge in [-0.2, -0.15) is 0 Å². The molecule has 5 nitrogen and oxygen atoms in total. The highest BCUT2D eigenvalue weighted by atomic mass is 16.5. The van der Waals surface area contributed by atoms with Gasteiger partial charge in [0, 0.05) is 25.2 Å². The first-order valence-electron chi connectivity index (χ1n) is 8.58. The third-order valence-corrected chi connectivity index (χ3v) is 3.98. The summed E-state index contributed by atoms with van der Waals surface area (Å²) in [5.74, 6) is 2.03. The van der Waals surface area contributed by atoms with Gasteiger partial charge < -0.3 is 20.1 Å². The molecule has 24 heavy (non-hydrogen) atoms. The number of ether oxygens (including phenoxy) is 2. The van der Waals surface area contributed by atoms with E-state index in [1.807, 2.05) is 0 Å². The van der Waals surface area contributed by atoms with Gasteiger partial charge in [-0.15, -0.1) is 0 Å². The van der Waals surface area contributed by atoms with E-state index in [0.717, 1.165) is 6.42 Å². The SMILES string of the molecule is COc1cc(C(=O)N(C)CCC(N)C(C)C)ccc1OCC(C)C. The zero-order valence-corrected chi connectivity index (χ0v) is 15.8. The fraction of sp³-hybridized carbons (Fsp3) is 0.632. The first-order valence-corrected chi connectivity index (χ1v) is 8.58. The van der Waals surface area contributed by atoms with E-state index < -0.39 is 0 Å². The molecule has 1 amide bonds. The van der Waals surface area contributed by atoms with Crippen LogP contribution in [0.5, 0.6) is 11.5 Å². The lowest BCUT2D eigenvalue weighted by Gasteiger charge is -2.22. The van der Waals surface area contributed by atoms with Gasteiger partial charge in [-0.05, 0) is 36.5 Å². The standard InChI is InChI=1S/C19H32N2O3/c1-13(2)12-24-17-8-7-15(11-18(17)23-6)19(22)21(5)10-9-16(20)14(3)4/h7-8,11,13-14,16H,9-10,12,20H2,1-6H3. The number of hydrogen-bond donors (Lipinski definition) is 1. The van der Waals surface area contributed by atoms with Crippen LogP contribution in [0.1, 0.15) is 44.5 Å². The van der Waals surface area contributed by atoms with Gasteiger partial charge in [-0.3, -0.25) is 4.79 Å². The maximum absolute atomic E-state index is 12.6. The van der Waals surface area contributed by atoms with Gasteiger partial charge in [0.15, 0.2) is 11.5 Å². The van der Waals surface area contributed by atoms with Gasteiger partial charge in [-0.25, -0.2) is 0 Å². The van der Waals surface area contributed by atoms with Gasteiger partial charge in [0.1, 0.15) is 0 Å². The lowest BCUT2D eigenvalue weighted by Crippen LogP contribution is -2.34. The normalized spacial score (nSPS) is 12.4. The largest absolute Gasteiger partial charge is 0.493 e. The number of carbonyl (C=O) groups excluding carboxylic acids is 1. The monoisotopic (exact) mass is 336 g/mol. The van der Waals surface area contributed by atoms with Crippen molar-refractivity contribution in [1.29, 1.82) is 0 Å². The molecular weight excluding hydrogens is 304 g/mol. The number of hydrogen-bond acceptors (Lipinski definition) is 4. The molecule has 0 aliphatic rings. The third-order valence-electron chi connectivity index (χ3n) is 3.98. The predicted octanol–water partition coefficient (Wildman–Crippen LogP) is 3.18. The highest BCUT2D eigenvalue weighted by Crippen LogP contribution is 2.29. The van der Waals surface area contributed by atoms with E-state index in [-0.39, 0.29) is 11.9 Å². The number of nitrogens with zero attached hydrogens (tertiary/aromatic N) is 1. The molecule has 1 unspecified atom stereocenters. The first kappa shape index (κ1) is 20.3. The van der Waals surface area contributed by atoms with Crippen LogP contribution in [0.2, 0.25) is 0 Å². The molecule has 1 aromatic carbocycles. The zero-order chi connectivity index (χ0) is 18.3. The van der Waals surface area contributed by atoms with Crippen LogP contribution in [0.25, 0.3) is 0 Å². The Morgan fingerprint density at radius 3 is 2.42 bits per heavy atom. The van der Waals surface area contributed by atoms with Gasteiger partial charge in [0.25, 0.3) is 5.91 Å². The van der Waals surface area contributed by atoms with Crippen molar-refractivity contribution in [1.82, 2.24) is 4.90 Å². The third kappa shape index (κ3) is 6.04. The number of carbonyl (C=O) groups is 1. The van der Waals surface area contributed by atoms with E-state index >= 15 is 0 Å². The number of amides is 1. The average Bonchev–Trinajstić information content (AvgIpc) is 2.56. The molecule has 0 spiro atoms. The first-order chi connectivity index (χ1) is 11.3. The molecule has 0 aliphatic carbocycles. The Bertz CT molecular complexity index is 529. The highest BCUT2D eigenvalue weighted by Gasteiger charge is 2.17. The maximum atomic E-state index is 12.6. The second kappa shape index (κ2) is 9.52. The second-order valence-corrected chi connectivity index (χ2v) is 6.99. The van der Waals surface area contributed by atoms with Crippen LogP contribution in [0.3, 0.4) is 0 Å². The van der Waals surface area contributed by atoms with Crippen molar-refractivity contribution in [2.75, 3.05) is 27.3 Å². The van der Waals surface area contributed by atoms with Crippen molar-refractivity contribution in [3.05, 3.63) is 23.8 Å². The summed E-state index contributed by atoms with van der Waals surface area (Å²) in [4.78, 5) is 14.3. The minimum atomic E-state index is -0.0420. The molecule has 0 fully saturated rings. The van der Waals surface area contributed by atoms with E-state index in [1.54, 1.807) is 37.3 Å². The van der Waals surface area contributed by atoms with Crippen LogP contribution in [0, 0.1) is 11.8 Å². The summed E-state index contributed by atoms with van der Waals surface area (Å²) < 4.78 is 11.1. The van der Waals surface area contributed by atoms with E-state index in [4.69, 9.17) is 15.2 Å². The Morgan fingerprint density at radius 2 is 1.88 bits per heavy atom. The molecule has 2 N–H and O–H groups in total. The maximum Gasteiger partial charge on any atom is 0.253 e. The van der Waals surface area contributed by atoms with Crippen molar-refractivity contribution in [2.45, 2.75) is 40.2 Å². The lowest BCUT2D eigenvalue weighted by molar-refractivity contribution is 0.0788. The molecule has 5 heteroatoms. The molecule has 136 valence electrons. The Morgan fingerprint density at radius 1 is 1.21 bits per heavy atom. The molecular formula is C19H32N2O3. The quantitative estimate of drug-likeness (QED) is 0.752. The molecule has 1 atom stereocenters. The van der Waals surface area contributed by atoms with Gasteiger partial charge in [-0.1, -0.05) is 27.7 Å². The molecule has 1 aromatic rings. The van der Waals surface area contributed by atoms with E-state index in [0.29, 0.717) is 42.0 Å². The van der Waals surface area contributed by atoms with Gasteiger partial charge in [0.2, 0.25) is 0 Å². The van der Waals surface area contributed by atoms with Crippen LogP contribution >= 0.6 is 0 Å². The minimum Gasteiger partial charge on any atom is -0.493 e. The molecule has 0 aliphatic heterocycles. The van der Waals surface area contributed by atoms with Crippen LogP contribution in [0.15, 0.2) is 18.2 Å². The number of benzene rings is 1. The summed E-state index contributed by atoms with van der Waals surface area (Å²) in [5.41, 5.74) is 6.64. The Labute approximate surface area is 146 Å². The zero-order valence-electron chi connectivity index (χ0n) is 15.8. The highest BCUT2D eigenvalue weighted by molar-refractivity contribution is 5.94. The second-order valence-electron chi connectivity index (χ2n) is 6.99. The van der Waals surface area contributed by atoms with Crippen molar-refractivity contribution in [3.8, 4) is 11.5 Å². The summed E-state index contributed by atoms with van der Waals surface area (Å²) in [6, 6.07) is 5.40. The summed E-state index contributed by atoms with van der Waals surface area (Å²) >= 11 is 0. The van der Waals surface area contributed by atoms with Crippen LogP contribution in [-0.2, 0) is 0 Å². The molecule has 0 aromatic heterocycles. The van der Waals surface area contributed by atoms with Crippen molar-refractivity contribution in [2.24, 2.45) is 17.6 Å². The lowest BCUT2D eigenvalue weighted by atomic mass is 10.0. The number of rotatable bonds is 9. The molecule has 0 bridgehead atoms. The Hall–Kier alpha value is -1.75. The Kier molecular flexibility index (Phi) is 8.05. The molecule has 1 rings (SSSR count). The Balaban J connectivity index is 2.76. The van der Waals surface area contributed by atoms with E-state index in [2.05, 4.69) is 27.7 Å². The molecule has 0 radical (unpaired) electrons. The summed E-state index contributed by atoms with van der Waals surface area (Å²) in [5, 5.41) is 0. The minimum absolute atomic E-state index is 0.0420. The van der Waals surface area contributed by atoms with Crippen LogP contribution in [0.4, 0.5) is 0 Å². The van der Waals surface area contributed by atoms with Crippen molar-refractivity contribution >= 4 is 5.91 Å². The van der Waals surface area contributed by atoms with Crippen LogP contribution < -0.4 is 15.2 Å². The number of nitrogens with two attached hydrogens (primary N) is 1. The fourth-order valence-corrected chi connectivity index (χ4v) is 2.17. The van der Waals surface area contributed by atoms with Crippen molar-refractivity contribution < 1.29 is 14.3 Å². The predicted molar refractivity (Wildman–Crippen MR) is 97.7 cm³/mol. The number of methoxy groups -OCH3 is 1. The summed E-state index contributed by atoms with van der Waals surface area (Å²) in [7, 11) is 3.38. The topological polar surface area (TPSA) is 64.8 Å². The fourth-order valence-electron chi connectivity index (χ4n) is 2.17. The summed E-state index contributed by atoms with van der Waals surface area (Å²) in [6.45, 7) is 9.59. The average molecular weight is 336 g/mol. The van der Waals surface area contributed by atoms with Crippen LogP contribution in [-0.4, -0.2) is 44.2 Å². The van der Waals surface area contributed by atoms with Gasteiger partial charge >= 0.3 is 0 Å². The molecule has 0 saturated heterocycles. The van der Waals surface area contributed by atoms with E-state index in [1.165, 1.54) is 0 Å². The smallest absolute Gasteiger partial charge is 0.253 e. The van der Waals surface area contributed by atoms with Crippen molar-refractivity contribution in [3.63, 3.8) is 0 Å².